The molecule has 0 aliphatic carbocycles. The predicted molar refractivity (Wildman–Crippen MR) is 81.3 cm³/mol. The van der Waals surface area contributed by atoms with Gasteiger partial charge in [0.1, 0.15) is 11.7 Å². The van der Waals surface area contributed by atoms with Crippen LogP contribution >= 0.6 is 0 Å². The largest absolute Gasteiger partial charge is 0.497 e. The van der Waals surface area contributed by atoms with Gasteiger partial charge in [0.15, 0.2) is 0 Å². The van der Waals surface area contributed by atoms with Crippen LogP contribution < -0.4 is 4.74 Å². The summed E-state index contributed by atoms with van der Waals surface area (Å²) in [5.41, 5.74) is 0.326. The van der Waals surface area contributed by atoms with Crippen LogP contribution in [0.1, 0.15) is 39.4 Å². The van der Waals surface area contributed by atoms with E-state index in [1.54, 1.807) is 38.3 Å². The SMILES string of the molecule is COc1ccc(C(O)[C@H]2C(=O)O[C@H](C(C)(C)C)O[C@@H]2C)cc1. The molecule has 4 atom stereocenters. The Balaban J connectivity index is 2.15. The Kier molecular flexibility index (Phi) is 4.78. The number of benzene rings is 1. The lowest BCUT2D eigenvalue weighted by Crippen LogP contribution is -2.49. The van der Waals surface area contributed by atoms with Crippen LogP contribution in [0, 0.1) is 11.3 Å². The van der Waals surface area contributed by atoms with Crippen molar-refractivity contribution >= 4 is 5.97 Å². The minimum Gasteiger partial charge on any atom is -0.497 e. The average Bonchev–Trinajstić information content (AvgIpc) is 2.45. The molecule has 1 fully saturated rings. The van der Waals surface area contributed by atoms with Gasteiger partial charge in [0.2, 0.25) is 6.29 Å². The molecule has 0 aromatic heterocycles. The Morgan fingerprint density at radius 1 is 1.23 bits per heavy atom. The molecule has 1 heterocycles. The maximum Gasteiger partial charge on any atom is 0.316 e. The van der Waals surface area contributed by atoms with Crippen molar-refractivity contribution in [3.05, 3.63) is 29.8 Å². The van der Waals surface area contributed by atoms with Gasteiger partial charge in [0.05, 0.1) is 19.3 Å². The highest BCUT2D eigenvalue weighted by Crippen LogP contribution is 2.36. The minimum absolute atomic E-state index is 0.306. The Labute approximate surface area is 131 Å². The fraction of sp³-hybridized carbons (Fsp3) is 0.588. The summed E-state index contributed by atoms with van der Waals surface area (Å²) in [6.45, 7) is 7.62. The first-order chi connectivity index (χ1) is 10.2. The summed E-state index contributed by atoms with van der Waals surface area (Å²) in [5.74, 6) is -0.478. The van der Waals surface area contributed by atoms with Crippen LogP contribution in [0.15, 0.2) is 24.3 Å². The number of rotatable bonds is 3. The van der Waals surface area contributed by atoms with Gasteiger partial charge in [0.25, 0.3) is 0 Å². The molecule has 1 N–H and O–H groups in total. The molecule has 0 spiro atoms. The number of hydrogen-bond acceptors (Lipinski definition) is 5. The second-order valence-electron chi connectivity index (χ2n) is 6.72. The van der Waals surface area contributed by atoms with Crippen molar-refractivity contribution in [3.63, 3.8) is 0 Å². The molecule has 122 valence electrons. The molecular formula is C17H24O5. The molecule has 0 amide bonds. The van der Waals surface area contributed by atoms with Crippen LogP contribution in [0.4, 0.5) is 0 Å². The van der Waals surface area contributed by atoms with E-state index in [-0.39, 0.29) is 5.41 Å². The molecule has 1 unspecified atom stereocenters. The first-order valence-electron chi connectivity index (χ1n) is 7.42. The van der Waals surface area contributed by atoms with Gasteiger partial charge in [0, 0.05) is 5.41 Å². The molecule has 2 rings (SSSR count). The monoisotopic (exact) mass is 308 g/mol. The first-order valence-corrected chi connectivity index (χ1v) is 7.42. The van der Waals surface area contributed by atoms with Crippen molar-refractivity contribution in [1.82, 2.24) is 0 Å². The molecule has 1 aliphatic rings. The van der Waals surface area contributed by atoms with E-state index in [1.807, 2.05) is 20.8 Å². The van der Waals surface area contributed by atoms with E-state index < -0.39 is 30.4 Å². The molecule has 1 aromatic carbocycles. The Morgan fingerprint density at radius 2 is 1.82 bits per heavy atom. The van der Waals surface area contributed by atoms with E-state index in [0.29, 0.717) is 11.3 Å². The van der Waals surface area contributed by atoms with E-state index in [1.165, 1.54) is 0 Å². The van der Waals surface area contributed by atoms with Gasteiger partial charge in [-0.15, -0.1) is 0 Å². The standard InChI is InChI=1S/C17H24O5/c1-10-13(15(19)22-16(21-10)17(2,3)4)14(18)11-6-8-12(20-5)9-7-11/h6-10,13-14,16,18H,1-5H3/t10-,13+,14?,16-/m1/s1. The van der Waals surface area contributed by atoms with E-state index in [9.17, 15) is 9.90 Å². The van der Waals surface area contributed by atoms with E-state index >= 15 is 0 Å². The van der Waals surface area contributed by atoms with Crippen LogP contribution in [-0.4, -0.2) is 30.6 Å². The molecule has 0 bridgehead atoms. The van der Waals surface area contributed by atoms with E-state index in [0.717, 1.165) is 0 Å². The van der Waals surface area contributed by atoms with Gasteiger partial charge in [-0.2, -0.15) is 0 Å². The van der Waals surface area contributed by atoms with Crippen LogP contribution in [0.25, 0.3) is 0 Å². The lowest BCUT2D eigenvalue weighted by Gasteiger charge is -2.40. The number of cyclic esters (lactones) is 1. The van der Waals surface area contributed by atoms with Gasteiger partial charge in [-0.1, -0.05) is 32.9 Å². The number of esters is 1. The van der Waals surface area contributed by atoms with Crippen molar-refractivity contribution in [2.75, 3.05) is 7.11 Å². The van der Waals surface area contributed by atoms with Crippen molar-refractivity contribution in [3.8, 4) is 5.75 Å². The molecule has 1 saturated heterocycles. The fourth-order valence-corrected chi connectivity index (χ4v) is 2.46. The summed E-state index contributed by atoms with van der Waals surface area (Å²) < 4.78 is 16.3. The zero-order valence-corrected chi connectivity index (χ0v) is 13.7. The molecule has 22 heavy (non-hydrogen) atoms. The lowest BCUT2D eigenvalue weighted by molar-refractivity contribution is -0.261. The maximum absolute atomic E-state index is 12.3. The summed E-state index contributed by atoms with van der Waals surface area (Å²) in [6.07, 6.45) is -2.01. The Morgan fingerprint density at radius 3 is 2.27 bits per heavy atom. The number of aliphatic hydroxyl groups excluding tert-OH is 1. The third kappa shape index (κ3) is 3.42. The Bertz CT molecular complexity index is 517. The number of carbonyl (C=O) groups excluding carboxylic acids is 1. The van der Waals surface area contributed by atoms with Crippen molar-refractivity contribution in [2.45, 2.75) is 46.2 Å². The third-order valence-electron chi connectivity index (χ3n) is 3.84. The lowest BCUT2D eigenvalue weighted by atomic mass is 9.88. The van der Waals surface area contributed by atoms with Gasteiger partial charge < -0.3 is 19.3 Å². The summed E-state index contributed by atoms with van der Waals surface area (Å²) in [4.78, 5) is 12.3. The first kappa shape index (κ1) is 16.8. The number of aliphatic hydroxyl groups is 1. The number of ether oxygens (including phenoxy) is 3. The summed E-state index contributed by atoms with van der Waals surface area (Å²) in [6, 6.07) is 6.96. The topological polar surface area (TPSA) is 65.0 Å². The van der Waals surface area contributed by atoms with Gasteiger partial charge >= 0.3 is 5.97 Å². The Hall–Kier alpha value is -1.59. The molecule has 0 saturated carbocycles. The highest BCUT2D eigenvalue weighted by atomic mass is 16.7. The number of carbonyl (C=O) groups is 1. The van der Waals surface area contributed by atoms with Gasteiger partial charge in [-0.25, -0.2) is 0 Å². The highest BCUT2D eigenvalue weighted by molar-refractivity contribution is 5.75. The average molecular weight is 308 g/mol. The van der Waals surface area contributed by atoms with Crippen molar-refractivity contribution in [2.24, 2.45) is 11.3 Å². The minimum atomic E-state index is -0.977. The van der Waals surface area contributed by atoms with Crippen LogP contribution in [-0.2, 0) is 14.3 Å². The smallest absolute Gasteiger partial charge is 0.316 e. The molecule has 5 heteroatoms. The number of methoxy groups -OCH3 is 1. The van der Waals surface area contributed by atoms with Gasteiger partial charge in [-0.3, -0.25) is 4.79 Å². The zero-order valence-electron chi connectivity index (χ0n) is 13.7. The second kappa shape index (κ2) is 6.26. The molecule has 1 aromatic rings. The van der Waals surface area contributed by atoms with Crippen LogP contribution in [0.3, 0.4) is 0 Å². The van der Waals surface area contributed by atoms with E-state index in [2.05, 4.69) is 0 Å². The van der Waals surface area contributed by atoms with Crippen molar-refractivity contribution < 1.29 is 24.1 Å². The normalized spacial score (nSPS) is 27.2. The van der Waals surface area contributed by atoms with Crippen LogP contribution in [0.2, 0.25) is 0 Å². The molecule has 0 radical (unpaired) electrons. The highest BCUT2D eigenvalue weighted by Gasteiger charge is 2.45. The predicted octanol–water partition coefficient (Wildman–Crippen LogP) is 2.68. The zero-order chi connectivity index (χ0) is 16.5. The molecule has 1 aliphatic heterocycles. The summed E-state index contributed by atoms with van der Waals surface area (Å²) >= 11 is 0. The maximum atomic E-state index is 12.3. The summed E-state index contributed by atoms with van der Waals surface area (Å²) in [5, 5.41) is 10.5. The second-order valence-corrected chi connectivity index (χ2v) is 6.72. The fourth-order valence-electron chi connectivity index (χ4n) is 2.46. The van der Waals surface area contributed by atoms with Gasteiger partial charge in [-0.05, 0) is 24.6 Å². The van der Waals surface area contributed by atoms with Crippen LogP contribution in [0.5, 0.6) is 5.75 Å². The van der Waals surface area contributed by atoms with E-state index in [4.69, 9.17) is 14.2 Å². The summed E-state index contributed by atoms with van der Waals surface area (Å²) in [7, 11) is 1.58. The quantitative estimate of drug-likeness (QED) is 0.870. The third-order valence-corrected chi connectivity index (χ3v) is 3.84. The molecular weight excluding hydrogens is 284 g/mol. The number of hydrogen-bond donors (Lipinski definition) is 1. The van der Waals surface area contributed by atoms with Crippen molar-refractivity contribution in [1.29, 1.82) is 0 Å². The molecule has 5 nitrogen and oxygen atoms in total.